The Balaban J connectivity index is 2.39. The molecule has 0 spiro atoms. The van der Waals surface area contributed by atoms with Gasteiger partial charge in [0, 0.05) is 21.7 Å². The van der Waals surface area contributed by atoms with Crippen molar-refractivity contribution in [1.82, 2.24) is 9.78 Å². The molecule has 3 nitrogen and oxygen atoms in total. The fourth-order valence-corrected chi connectivity index (χ4v) is 3.13. The molecule has 1 aromatic carbocycles. The normalized spacial score (nSPS) is 12.7. The zero-order valence-corrected chi connectivity index (χ0v) is 12.6. The van der Waals surface area contributed by atoms with Gasteiger partial charge in [0.1, 0.15) is 0 Å². The van der Waals surface area contributed by atoms with E-state index in [0.29, 0.717) is 0 Å². The van der Waals surface area contributed by atoms with Crippen LogP contribution in [0.5, 0.6) is 0 Å². The molecule has 17 heavy (non-hydrogen) atoms. The van der Waals surface area contributed by atoms with Crippen LogP contribution in [0, 0.1) is 0 Å². The van der Waals surface area contributed by atoms with Crippen LogP contribution >= 0.6 is 31.9 Å². The first-order chi connectivity index (χ1) is 8.11. The summed E-state index contributed by atoms with van der Waals surface area (Å²) >= 11 is 6.94. The van der Waals surface area contributed by atoms with Crippen LogP contribution in [0.15, 0.2) is 39.4 Å². The van der Waals surface area contributed by atoms with Crippen LogP contribution in [0.2, 0.25) is 0 Å². The highest BCUT2D eigenvalue weighted by Gasteiger charge is 2.14. The molecule has 1 heterocycles. The third-order valence-electron chi connectivity index (χ3n) is 2.61. The molecule has 2 aromatic rings. The summed E-state index contributed by atoms with van der Waals surface area (Å²) in [4.78, 5) is 0. The molecule has 0 saturated carbocycles. The van der Waals surface area contributed by atoms with Crippen LogP contribution in [0.3, 0.4) is 0 Å². The number of aryl methyl sites for hydroxylation is 1. The first-order valence-electron chi connectivity index (χ1n) is 5.35. The minimum atomic E-state index is -0.161. The second-order valence-corrected chi connectivity index (χ2v) is 5.58. The van der Waals surface area contributed by atoms with Gasteiger partial charge in [0.25, 0.3) is 0 Å². The Hall–Kier alpha value is -0.650. The largest absolute Gasteiger partial charge is 0.319 e. The van der Waals surface area contributed by atoms with Crippen molar-refractivity contribution in [2.75, 3.05) is 0 Å². The molecule has 0 fully saturated rings. The fourth-order valence-electron chi connectivity index (χ4n) is 1.80. The smallest absolute Gasteiger partial charge is 0.0724 e. The summed E-state index contributed by atoms with van der Waals surface area (Å²) in [7, 11) is 0. The van der Waals surface area contributed by atoms with Gasteiger partial charge in [0.2, 0.25) is 0 Å². The summed E-state index contributed by atoms with van der Waals surface area (Å²) in [6, 6.07) is 7.85. The van der Waals surface area contributed by atoms with Crippen LogP contribution in [0.4, 0.5) is 0 Å². The number of rotatable bonds is 3. The lowest BCUT2D eigenvalue weighted by molar-refractivity contribution is 0.600. The Kier molecular flexibility index (Phi) is 4.01. The minimum Gasteiger partial charge on any atom is -0.319 e. The van der Waals surface area contributed by atoms with E-state index in [9.17, 15) is 0 Å². The van der Waals surface area contributed by atoms with Crippen molar-refractivity contribution in [2.45, 2.75) is 19.5 Å². The van der Waals surface area contributed by atoms with E-state index in [2.05, 4.69) is 43.9 Å². The molecule has 0 aliphatic carbocycles. The van der Waals surface area contributed by atoms with Crippen molar-refractivity contribution < 1.29 is 0 Å². The molecule has 0 saturated heterocycles. The van der Waals surface area contributed by atoms with Gasteiger partial charge < -0.3 is 5.73 Å². The molecule has 0 amide bonds. The highest BCUT2D eigenvalue weighted by atomic mass is 79.9. The van der Waals surface area contributed by atoms with Crippen LogP contribution in [0.1, 0.15) is 24.2 Å². The molecule has 0 radical (unpaired) electrons. The Morgan fingerprint density at radius 1 is 1.29 bits per heavy atom. The summed E-state index contributed by atoms with van der Waals surface area (Å²) in [5.74, 6) is 0. The molecule has 1 aromatic heterocycles. The quantitative estimate of drug-likeness (QED) is 0.912. The Morgan fingerprint density at radius 3 is 2.53 bits per heavy atom. The van der Waals surface area contributed by atoms with Gasteiger partial charge in [-0.1, -0.05) is 31.9 Å². The van der Waals surface area contributed by atoms with E-state index in [-0.39, 0.29) is 6.04 Å². The molecule has 0 aliphatic rings. The third kappa shape index (κ3) is 2.78. The molecular formula is C12H13Br2N3. The summed E-state index contributed by atoms with van der Waals surface area (Å²) in [6.07, 6.45) is 1.78. The van der Waals surface area contributed by atoms with Crippen molar-refractivity contribution in [3.8, 4) is 0 Å². The number of hydrogen-bond donors (Lipinski definition) is 1. The maximum Gasteiger partial charge on any atom is 0.0724 e. The first kappa shape index (κ1) is 12.8. The highest BCUT2D eigenvalue weighted by molar-refractivity contribution is 9.11. The Morgan fingerprint density at radius 2 is 1.94 bits per heavy atom. The zero-order valence-electron chi connectivity index (χ0n) is 9.40. The first-order valence-corrected chi connectivity index (χ1v) is 6.93. The number of benzene rings is 1. The van der Waals surface area contributed by atoms with Crippen molar-refractivity contribution in [3.05, 3.63) is 50.7 Å². The van der Waals surface area contributed by atoms with Gasteiger partial charge >= 0.3 is 0 Å². The third-order valence-corrected chi connectivity index (χ3v) is 3.53. The predicted molar refractivity (Wildman–Crippen MR) is 75.8 cm³/mol. The molecule has 0 bridgehead atoms. The van der Waals surface area contributed by atoms with Gasteiger partial charge in [-0.05, 0) is 36.8 Å². The molecule has 2 rings (SSSR count). The van der Waals surface area contributed by atoms with Crippen molar-refractivity contribution in [2.24, 2.45) is 5.73 Å². The van der Waals surface area contributed by atoms with Gasteiger partial charge in [-0.2, -0.15) is 5.10 Å². The predicted octanol–water partition coefficient (Wildman–Crippen LogP) is 3.48. The lowest BCUT2D eigenvalue weighted by atomic mass is 10.1. The molecule has 90 valence electrons. The summed E-state index contributed by atoms with van der Waals surface area (Å²) < 4.78 is 3.94. The van der Waals surface area contributed by atoms with Gasteiger partial charge in [-0.3, -0.25) is 4.68 Å². The van der Waals surface area contributed by atoms with Gasteiger partial charge in [0.05, 0.1) is 11.7 Å². The lowest BCUT2D eigenvalue weighted by Gasteiger charge is -2.14. The van der Waals surface area contributed by atoms with E-state index in [4.69, 9.17) is 5.73 Å². The number of hydrogen-bond acceptors (Lipinski definition) is 2. The molecule has 2 N–H and O–H groups in total. The molecule has 1 atom stereocenters. The SMILES string of the molecule is CCn1nccc1C(N)c1cc(Br)cc(Br)c1. The summed E-state index contributed by atoms with van der Waals surface area (Å²) in [6.45, 7) is 2.88. The van der Waals surface area contributed by atoms with Crippen molar-refractivity contribution >= 4 is 31.9 Å². The van der Waals surface area contributed by atoms with E-state index in [1.807, 2.05) is 28.9 Å². The van der Waals surface area contributed by atoms with Crippen LogP contribution in [0.25, 0.3) is 0 Å². The van der Waals surface area contributed by atoms with E-state index >= 15 is 0 Å². The van der Waals surface area contributed by atoms with E-state index in [1.165, 1.54) is 0 Å². The van der Waals surface area contributed by atoms with E-state index in [1.54, 1.807) is 6.20 Å². The topological polar surface area (TPSA) is 43.8 Å². The maximum atomic E-state index is 6.27. The Bertz CT molecular complexity index is 502. The standard InChI is InChI=1S/C12H13Br2N3/c1-2-17-11(3-4-16-17)12(15)8-5-9(13)7-10(14)6-8/h3-7,12H,2,15H2,1H3. The van der Waals surface area contributed by atoms with E-state index < -0.39 is 0 Å². The van der Waals surface area contributed by atoms with Crippen LogP contribution in [-0.4, -0.2) is 9.78 Å². The van der Waals surface area contributed by atoms with Crippen LogP contribution < -0.4 is 5.73 Å². The minimum absolute atomic E-state index is 0.161. The average Bonchev–Trinajstić information content (AvgIpc) is 2.74. The fraction of sp³-hybridized carbons (Fsp3) is 0.250. The second-order valence-electron chi connectivity index (χ2n) is 3.75. The van der Waals surface area contributed by atoms with Gasteiger partial charge in [0.15, 0.2) is 0 Å². The molecule has 1 unspecified atom stereocenters. The zero-order chi connectivity index (χ0) is 12.4. The molecule has 0 aliphatic heterocycles. The lowest BCUT2D eigenvalue weighted by Crippen LogP contribution is -2.17. The van der Waals surface area contributed by atoms with Crippen molar-refractivity contribution in [1.29, 1.82) is 0 Å². The number of nitrogens with zero attached hydrogens (tertiary/aromatic N) is 2. The summed E-state index contributed by atoms with van der Waals surface area (Å²) in [5.41, 5.74) is 8.35. The summed E-state index contributed by atoms with van der Waals surface area (Å²) in [5, 5.41) is 4.24. The molecule has 5 heteroatoms. The van der Waals surface area contributed by atoms with Crippen molar-refractivity contribution in [3.63, 3.8) is 0 Å². The molecular weight excluding hydrogens is 346 g/mol. The maximum absolute atomic E-state index is 6.27. The monoisotopic (exact) mass is 357 g/mol. The van der Waals surface area contributed by atoms with E-state index in [0.717, 1.165) is 26.7 Å². The average molecular weight is 359 g/mol. The number of aromatic nitrogens is 2. The van der Waals surface area contributed by atoms with Gasteiger partial charge in [-0.25, -0.2) is 0 Å². The number of nitrogens with two attached hydrogens (primary N) is 1. The van der Waals surface area contributed by atoms with Gasteiger partial charge in [-0.15, -0.1) is 0 Å². The van der Waals surface area contributed by atoms with Crippen LogP contribution in [-0.2, 0) is 6.54 Å². The second kappa shape index (κ2) is 5.33. The Labute approximate surface area is 117 Å². The number of halogens is 2. The highest BCUT2D eigenvalue weighted by Crippen LogP contribution is 2.26.